The summed E-state index contributed by atoms with van der Waals surface area (Å²) in [6, 6.07) is 9.69. The van der Waals surface area contributed by atoms with Gasteiger partial charge in [0.2, 0.25) is 0 Å². The molecule has 5 nitrogen and oxygen atoms in total. The molecule has 0 aliphatic carbocycles. The van der Waals surface area contributed by atoms with Crippen molar-refractivity contribution in [1.29, 1.82) is 0 Å². The molecule has 1 aromatic carbocycles. The highest BCUT2D eigenvalue weighted by atomic mass is 16.6. The van der Waals surface area contributed by atoms with Gasteiger partial charge in [-0.3, -0.25) is 0 Å². The van der Waals surface area contributed by atoms with Gasteiger partial charge in [0.15, 0.2) is 0 Å². The summed E-state index contributed by atoms with van der Waals surface area (Å²) < 4.78 is 5.31. The van der Waals surface area contributed by atoms with Gasteiger partial charge in [-0.2, -0.15) is 4.79 Å². The van der Waals surface area contributed by atoms with Gasteiger partial charge in [0.05, 0.1) is 6.54 Å². The van der Waals surface area contributed by atoms with Crippen molar-refractivity contribution in [3.8, 4) is 0 Å². The van der Waals surface area contributed by atoms with E-state index in [1.54, 1.807) is 0 Å². The quantitative estimate of drug-likeness (QED) is 0.854. The van der Waals surface area contributed by atoms with Crippen molar-refractivity contribution in [2.75, 3.05) is 13.1 Å². The highest BCUT2D eigenvalue weighted by Gasteiger charge is 2.55. The molecule has 1 N–H and O–H groups in total. The summed E-state index contributed by atoms with van der Waals surface area (Å²) in [5, 5.41) is 2.94. The molecule has 0 spiro atoms. The maximum atomic E-state index is 12.9. The Morgan fingerprint density at radius 1 is 1.25 bits per heavy atom. The lowest BCUT2D eigenvalue weighted by Gasteiger charge is -2.33. The maximum Gasteiger partial charge on any atom is 0.525 e. The zero-order chi connectivity index (χ0) is 17.8. The summed E-state index contributed by atoms with van der Waals surface area (Å²) in [5.41, 5.74) is 0.561. The molecule has 0 bridgehead atoms. The zero-order valence-electron chi connectivity index (χ0n) is 15.2. The zero-order valence-corrected chi connectivity index (χ0v) is 15.2. The van der Waals surface area contributed by atoms with Crippen LogP contribution in [0.1, 0.15) is 46.1 Å². The number of urea groups is 1. The third-order valence-corrected chi connectivity index (χ3v) is 4.50. The smallest absolute Gasteiger partial charge is 0.414 e. The van der Waals surface area contributed by atoms with E-state index in [9.17, 15) is 9.59 Å². The minimum Gasteiger partial charge on any atom is -0.414 e. The average molecular weight is 333 g/mol. The molecule has 2 rings (SSSR count). The largest absolute Gasteiger partial charge is 0.525 e. The summed E-state index contributed by atoms with van der Waals surface area (Å²) >= 11 is 0. The fraction of sp³-hybridized carbons (Fsp3) is 0.579. The second-order valence-electron chi connectivity index (χ2n) is 7.53. The first-order valence-corrected chi connectivity index (χ1v) is 8.69. The van der Waals surface area contributed by atoms with Gasteiger partial charge in [0, 0.05) is 19.4 Å². The molecule has 1 aliphatic heterocycles. The van der Waals surface area contributed by atoms with E-state index in [2.05, 4.69) is 5.32 Å². The third-order valence-electron chi connectivity index (χ3n) is 4.50. The number of carbonyl (C=O) groups is 2. The average Bonchev–Trinajstić information content (AvgIpc) is 2.89. The lowest BCUT2D eigenvalue weighted by atomic mass is 10.1. The van der Waals surface area contributed by atoms with Crippen molar-refractivity contribution < 1.29 is 18.8 Å². The molecule has 1 fully saturated rings. The molecule has 1 saturated heterocycles. The molecule has 3 amide bonds. The fourth-order valence-electron chi connectivity index (χ4n) is 3.18. The molecule has 0 aromatic heterocycles. The number of quaternary nitrogens is 1. The number of nitrogens with one attached hydrogen (secondary N) is 1. The Morgan fingerprint density at radius 2 is 1.92 bits per heavy atom. The second-order valence-corrected chi connectivity index (χ2v) is 7.53. The molecular weight excluding hydrogens is 304 g/mol. The van der Waals surface area contributed by atoms with Crippen molar-refractivity contribution in [2.45, 2.75) is 58.6 Å². The Morgan fingerprint density at radius 3 is 2.46 bits per heavy atom. The number of nitrogens with zero attached hydrogens (tertiary/aromatic N) is 1. The van der Waals surface area contributed by atoms with Gasteiger partial charge in [-0.25, -0.2) is 4.79 Å². The first-order valence-electron chi connectivity index (χ1n) is 8.69. The van der Waals surface area contributed by atoms with Crippen molar-refractivity contribution in [1.82, 2.24) is 5.32 Å². The van der Waals surface area contributed by atoms with E-state index >= 15 is 0 Å². The molecule has 2 atom stereocenters. The summed E-state index contributed by atoms with van der Waals surface area (Å²) in [6.45, 7) is 8.46. The first kappa shape index (κ1) is 18.5. The second kappa shape index (κ2) is 7.34. The monoisotopic (exact) mass is 333 g/mol. The SMILES string of the molecule is C[C@@H]1CCC[N+]1(C(=O)NCCc1ccccc1)C(=O)OC(C)(C)C. The Labute approximate surface area is 144 Å². The van der Waals surface area contributed by atoms with Gasteiger partial charge in [-0.1, -0.05) is 30.3 Å². The summed E-state index contributed by atoms with van der Waals surface area (Å²) in [7, 11) is 0. The molecule has 1 aliphatic rings. The number of rotatable bonds is 3. The highest BCUT2D eigenvalue weighted by molar-refractivity contribution is 5.80. The number of hydrogen-bond acceptors (Lipinski definition) is 3. The fourth-order valence-corrected chi connectivity index (χ4v) is 3.18. The van der Waals surface area contributed by atoms with Crippen LogP contribution in [0.4, 0.5) is 9.59 Å². The van der Waals surface area contributed by atoms with Crippen molar-refractivity contribution >= 4 is 12.1 Å². The predicted octanol–water partition coefficient (Wildman–Crippen LogP) is 3.87. The van der Waals surface area contributed by atoms with E-state index in [1.807, 2.05) is 58.0 Å². The van der Waals surface area contributed by atoms with Gasteiger partial charge in [-0.15, -0.1) is 4.48 Å². The van der Waals surface area contributed by atoms with Crippen LogP contribution in [0.15, 0.2) is 30.3 Å². The topological polar surface area (TPSA) is 55.4 Å². The third kappa shape index (κ3) is 4.15. The first-order chi connectivity index (χ1) is 11.3. The van der Waals surface area contributed by atoms with E-state index < -0.39 is 11.7 Å². The van der Waals surface area contributed by atoms with Crippen LogP contribution in [0, 0.1) is 0 Å². The molecule has 24 heavy (non-hydrogen) atoms. The van der Waals surface area contributed by atoms with Crippen molar-refractivity contribution in [2.24, 2.45) is 0 Å². The Hall–Kier alpha value is -1.88. The van der Waals surface area contributed by atoms with Crippen LogP contribution in [0.25, 0.3) is 0 Å². The lowest BCUT2D eigenvalue weighted by molar-refractivity contribution is -0.789. The van der Waals surface area contributed by atoms with Gasteiger partial charge in [0.25, 0.3) is 0 Å². The number of amides is 3. The van der Waals surface area contributed by atoms with Crippen LogP contribution < -0.4 is 5.32 Å². The van der Waals surface area contributed by atoms with E-state index in [4.69, 9.17) is 4.74 Å². The van der Waals surface area contributed by atoms with E-state index in [0.717, 1.165) is 24.8 Å². The molecular formula is C19H29N2O3+. The number of hydrogen-bond donors (Lipinski definition) is 1. The normalized spacial score (nSPS) is 23.8. The summed E-state index contributed by atoms with van der Waals surface area (Å²) in [5.74, 6) is 0. The highest BCUT2D eigenvalue weighted by Crippen LogP contribution is 2.30. The van der Waals surface area contributed by atoms with Crippen molar-refractivity contribution in [3.05, 3.63) is 35.9 Å². The summed E-state index contributed by atoms with van der Waals surface area (Å²) in [4.78, 5) is 25.6. The predicted molar refractivity (Wildman–Crippen MR) is 93.6 cm³/mol. The number of benzene rings is 1. The minimum absolute atomic E-state index is 0.0587. The van der Waals surface area contributed by atoms with Crippen LogP contribution in [-0.2, 0) is 11.2 Å². The minimum atomic E-state index is -0.602. The van der Waals surface area contributed by atoms with Crippen LogP contribution in [0.2, 0.25) is 0 Å². The molecule has 0 saturated carbocycles. The number of carbonyl (C=O) groups excluding carboxylic acids is 2. The van der Waals surface area contributed by atoms with Crippen LogP contribution in [0.5, 0.6) is 0 Å². The van der Waals surface area contributed by atoms with Crippen LogP contribution in [-0.4, -0.2) is 41.3 Å². The molecule has 1 unspecified atom stereocenters. The molecule has 1 heterocycles. The molecule has 1 aromatic rings. The van der Waals surface area contributed by atoms with Crippen molar-refractivity contribution in [3.63, 3.8) is 0 Å². The van der Waals surface area contributed by atoms with Gasteiger partial charge in [0.1, 0.15) is 11.6 Å². The Bertz CT molecular complexity index is 580. The van der Waals surface area contributed by atoms with E-state index in [-0.39, 0.29) is 16.6 Å². The Balaban J connectivity index is 2.04. The maximum absolute atomic E-state index is 12.9. The Kier molecular flexibility index (Phi) is 5.65. The number of imide groups is 1. The van der Waals surface area contributed by atoms with Gasteiger partial charge < -0.3 is 10.1 Å². The molecule has 0 radical (unpaired) electrons. The number of likely N-dealkylation sites (tertiary alicyclic amines) is 1. The lowest BCUT2D eigenvalue weighted by Crippen LogP contribution is -2.63. The standard InChI is InChI=1S/C19H28N2O3/c1-15-9-8-14-21(15,18(23)24-19(2,3)4)17(22)20-13-12-16-10-6-5-7-11-16/h5-7,10-11,15H,8-9,12-14H2,1-4H3/p+1/t15-,21?/m1/s1. The number of ether oxygens (including phenoxy) is 1. The van der Waals surface area contributed by atoms with E-state index in [0.29, 0.717) is 13.1 Å². The van der Waals surface area contributed by atoms with Crippen LogP contribution in [0.3, 0.4) is 0 Å². The molecule has 132 valence electrons. The van der Waals surface area contributed by atoms with Crippen LogP contribution >= 0.6 is 0 Å². The molecule has 5 heteroatoms. The summed E-state index contributed by atoms with van der Waals surface area (Å²) in [6.07, 6.45) is 2.01. The van der Waals surface area contributed by atoms with E-state index in [1.165, 1.54) is 0 Å². The van der Waals surface area contributed by atoms with Gasteiger partial charge in [-0.05, 0) is 39.7 Å². The van der Waals surface area contributed by atoms with Gasteiger partial charge >= 0.3 is 12.1 Å².